The molecule has 45 heavy (non-hydrogen) atoms. The number of halogens is 2. The molecule has 0 unspecified atom stereocenters. The smallest absolute Gasteiger partial charge is 0.265 e. The Morgan fingerprint density at radius 1 is 0.911 bits per heavy atom. The number of amides is 2. The number of carbonyl (C=O) groups is 2. The minimum Gasteiger partial charge on any atom is -0.495 e. The molecule has 1 atom stereocenters. The van der Waals surface area contributed by atoms with Crippen LogP contribution in [0.4, 0.5) is 10.1 Å². The van der Waals surface area contributed by atoms with Crippen LogP contribution in [0.5, 0.6) is 17.2 Å². The van der Waals surface area contributed by atoms with Crippen molar-refractivity contribution in [2.24, 2.45) is 0 Å². The first-order valence-electron chi connectivity index (χ1n) is 14.4. The van der Waals surface area contributed by atoms with Crippen molar-refractivity contribution in [3.8, 4) is 17.2 Å². The highest BCUT2D eigenvalue weighted by molar-refractivity contribution is 7.92. The summed E-state index contributed by atoms with van der Waals surface area (Å²) < 4.78 is 59.3. The van der Waals surface area contributed by atoms with Crippen LogP contribution in [0.2, 0.25) is 5.02 Å². The second-order valence-corrected chi connectivity index (χ2v) is 12.4. The molecule has 1 N–H and O–H groups in total. The fraction of sp³-hybridized carbons (Fsp3) is 0.375. The minimum absolute atomic E-state index is 0.00955. The van der Waals surface area contributed by atoms with Gasteiger partial charge in [0.05, 0.1) is 31.9 Å². The third-order valence-electron chi connectivity index (χ3n) is 7.11. The van der Waals surface area contributed by atoms with Crippen LogP contribution in [-0.2, 0) is 26.2 Å². The van der Waals surface area contributed by atoms with E-state index >= 15 is 0 Å². The molecule has 3 rings (SSSR count). The maximum atomic E-state index is 14.3. The molecule has 0 aromatic heterocycles. The van der Waals surface area contributed by atoms with Crippen LogP contribution < -0.4 is 23.8 Å². The number of nitrogens with zero attached hydrogens (tertiary/aromatic N) is 2. The molecule has 0 aliphatic heterocycles. The predicted octanol–water partition coefficient (Wildman–Crippen LogP) is 5.42. The number of nitrogens with one attached hydrogen (secondary N) is 1. The van der Waals surface area contributed by atoms with Gasteiger partial charge in [0.2, 0.25) is 11.8 Å². The SMILES string of the molecule is CCCCNC(=O)[C@H](CC)N(Cc1ccc(F)cc1)C(=O)CN(c1cc(Cl)ccc1OC)S(=O)(=O)c1ccc(OC)c(OC)c1. The van der Waals surface area contributed by atoms with E-state index in [1.54, 1.807) is 6.92 Å². The Balaban J connectivity index is 2.15. The van der Waals surface area contributed by atoms with E-state index in [4.69, 9.17) is 25.8 Å². The van der Waals surface area contributed by atoms with Gasteiger partial charge in [0.25, 0.3) is 10.0 Å². The third kappa shape index (κ3) is 8.79. The van der Waals surface area contributed by atoms with Crippen molar-refractivity contribution in [2.75, 3.05) is 38.7 Å². The first-order chi connectivity index (χ1) is 21.5. The largest absolute Gasteiger partial charge is 0.495 e. The van der Waals surface area contributed by atoms with Gasteiger partial charge in [0, 0.05) is 24.2 Å². The lowest BCUT2D eigenvalue weighted by atomic mass is 10.1. The highest BCUT2D eigenvalue weighted by atomic mass is 35.5. The monoisotopic (exact) mass is 663 g/mol. The number of unbranched alkanes of at least 4 members (excludes halogenated alkanes) is 1. The van der Waals surface area contributed by atoms with Gasteiger partial charge in [-0.3, -0.25) is 13.9 Å². The summed E-state index contributed by atoms with van der Waals surface area (Å²) in [5.74, 6) is -0.897. The molecule has 2 amide bonds. The van der Waals surface area contributed by atoms with Gasteiger partial charge in [0.1, 0.15) is 24.2 Å². The van der Waals surface area contributed by atoms with Crippen LogP contribution >= 0.6 is 11.6 Å². The number of carbonyl (C=O) groups excluding carboxylic acids is 2. The first-order valence-corrected chi connectivity index (χ1v) is 16.2. The molecule has 0 saturated heterocycles. The Morgan fingerprint density at radius 3 is 2.16 bits per heavy atom. The molecule has 10 nitrogen and oxygen atoms in total. The van der Waals surface area contributed by atoms with Gasteiger partial charge >= 0.3 is 0 Å². The fourth-order valence-corrected chi connectivity index (χ4v) is 6.29. The number of ether oxygens (including phenoxy) is 3. The number of sulfonamides is 1. The van der Waals surface area contributed by atoms with Gasteiger partial charge in [-0.25, -0.2) is 12.8 Å². The summed E-state index contributed by atoms with van der Waals surface area (Å²) in [6, 6.07) is 13.0. The topological polar surface area (TPSA) is 114 Å². The molecule has 3 aromatic rings. The van der Waals surface area contributed by atoms with E-state index in [0.29, 0.717) is 17.9 Å². The quantitative estimate of drug-likeness (QED) is 0.204. The van der Waals surface area contributed by atoms with Crippen molar-refractivity contribution in [1.82, 2.24) is 10.2 Å². The summed E-state index contributed by atoms with van der Waals surface area (Å²) in [4.78, 5) is 28.7. The Bertz CT molecular complexity index is 1570. The minimum atomic E-state index is -4.48. The molecule has 3 aromatic carbocycles. The molecule has 0 aliphatic carbocycles. The van der Waals surface area contributed by atoms with E-state index in [1.165, 1.54) is 86.9 Å². The molecular formula is C32H39ClFN3O7S. The molecule has 0 radical (unpaired) electrons. The van der Waals surface area contributed by atoms with Crippen molar-refractivity contribution in [1.29, 1.82) is 0 Å². The van der Waals surface area contributed by atoms with Gasteiger partial charge in [-0.2, -0.15) is 0 Å². The van der Waals surface area contributed by atoms with E-state index in [2.05, 4.69) is 5.32 Å². The van der Waals surface area contributed by atoms with Crippen LogP contribution in [0, 0.1) is 5.82 Å². The molecule has 244 valence electrons. The molecule has 0 aliphatic rings. The van der Waals surface area contributed by atoms with Gasteiger partial charge in [-0.05, 0) is 60.9 Å². The van der Waals surface area contributed by atoms with Crippen molar-refractivity contribution >= 4 is 39.1 Å². The second kappa shape index (κ2) is 16.3. The van der Waals surface area contributed by atoms with Gasteiger partial charge < -0.3 is 24.4 Å². The lowest BCUT2D eigenvalue weighted by molar-refractivity contribution is -0.140. The van der Waals surface area contributed by atoms with Crippen molar-refractivity contribution in [3.05, 3.63) is 77.1 Å². The van der Waals surface area contributed by atoms with Crippen LogP contribution in [0.25, 0.3) is 0 Å². The van der Waals surface area contributed by atoms with Crippen molar-refractivity contribution < 1.29 is 36.6 Å². The number of anilines is 1. The maximum absolute atomic E-state index is 14.3. The zero-order valence-corrected chi connectivity index (χ0v) is 27.6. The van der Waals surface area contributed by atoms with Gasteiger partial charge in [-0.1, -0.05) is 44.0 Å². The van der Waals surface area contributed by atoms with Crippen LogP contribution in [-0.4, -0.2) is 65.6 Å². The number of hydrogen-bond acceptors (Lipinski definition) is 7. The summed E-state index contributed by atoms with van der Waals surface area (Å²) in [6.45, 7) is 3.38. The number of benzene rings is 3. The zero-order chi connectivity index (χ0) is 33.1. The van der Waals surface area contributed by atoms with Crippen LogP contribution in [0.15, 0.2) is 65.6 Å². The molecule has 0 saturated carbocycles. The summed E-state index contributed by atoms with van der Waals surface area (Å²) in [6.07, 6.45) is 1.85. The Kier molecular flexibility index (Phi) is 12.9. The van der Waals surface area contributed by atoms with E-state index in [-0.39, 0.29) is 46.0 Å². The number of methoxy groups -OCH3 is 3. The standard InChI is InChI=1S/C32H39ClFN3O7S/c1-6-8-17-35-32(39)26(7-2)36(20-22-9-12-24(34)13-10-22)31(38)21-37(27-18-23(33)11-15-28(27)42-3)45(40,41)25-14-16-29(43-4)30(19-25)44-5/h9-16,18-19,26H,6-8,17,20-21H2,1-5H3,(H,35,39)/t26-/m0/s1. The van der Waals surface area contributed by atoms with Gasteiger partial charge in [-0.15, -0.1) is 0 Å². The highest BCUT2D eigenvalue weighted by Crippen LogP contribution is 2.37. The average Bonchev–Trinajstić information content (AvgIpc) is 3.03. The predicted molar refractivity (Wildman–Crippen MR) is 171 cm³/mol. The molecule has 0 fully saturated rings. The van der Waals surface area contributed by atoms with Crippen molar-refractivity contribution in [2.45, 2.75) is 50.6 Å². The fourth-order valence-electron chi connectivity index (χ4n) is 4.69. The summed E-state index contributed by atoms with van der Waals surface area (Å²) >= 11 is 6.30. The number of rotatable bonds is 16. The first kappa shape index (κ1) is 35.4. The molecule has 0 heterocycles. The van der Waals surface area contributed by atoms with Crippen molar-refractivity contribution in [3.63, 3.8) is 0 Å². The third-order valence-corrected chi connectivity index (χ3v) is 9.10. The van der Waals surface area contributed by atoms with E-state index < -0.39 is 34.3 Å². The molecular weight excluding hydrogens is 625 g/mol. The number of hydrogen-bond donors (Lipinski definition) is 1. The molecule has 0 bridgehead atoms. The summed E-state index contributed by atoms with van der Waals surface area (Å²) in [7, 11) is -0.314. The summed E-state index contributed by atoms with van der Waals surface area (Å²) in [5, 5.41) is 3.07. The lowest BCUT2D eigenvalue weighted by Crippen LogP contribution is -2.52. The van der Waals surface area contributed by atoms with E-state index in [1.807, 2.05) is 6.92 Å². The van der Waals surface area contributed by atoms with E-state index in [9.17, 15) is 22.4 Å². The second-order valence-electron chi connectivity index (χ2n) is 10.1. The Morgan fingerprint density at radius 2 is 1.56 bits per heavy atom. The van der Waals surface area contributed by atoms with Crippen LogP contribution in [0.1, 0.15) is 38.7 Å². The Labute approximate surface area is 269 Å². The normalized spacial score (nSPS) is 11.8. The van der Waals surface area contributed by atoms with E-state index in [0.717, 1.165) is 17.1 Å². The molecule has 0 spiro atoms. The van der Waals surface area contributed by atoms with Gasteiger partial charge in [0.15, 0.2) is 11.5 Å². The average molecular weight is 664 g/mol. The Hall–Kier alpha value is -4.03. The zero-order valence-electron chi connectivity index (χ0n) is 26.0. The highest BCUT2D eigenvalue weighted by Gasteiger charge is 2.35. The summed E-state index contributed by atoms with van der Waals surface area (Å²) in [5.41, 5.74) is 0.564. The van der Waals surface area contributed by atoms with Crippen LogP contribution in [0.3, 0.4) is 0 Å². The molecule has 13 heteroatoms. The maximum Gasteiger partial charge on any atom is 0.265 e. The lowest BCUT2D eigenvalue weighted by Gasteiger charge is -2.33.